The van der Waals surface area contributed by atoms with E-state index < -0.39 is 12.1 Å². The van der Waals surface area contributed by atoms with Crippen molar-refractivity contribution in [3.05, 3.63) is 24.3 Å². The summed E-state index contributed by atoms with van der Waals surface area (Å²) in [5.74, 6) is -1.88. The van der Waals surface area contributed by atoms with Crippen molar-refractivity contribution in [2.24, 2.45) is 0 Å². The predicted octanol–water partition coefficient (Wildman–Crippen LogP) is 2.23. The van der Waals surface area contributed by atoms with Crippen molar-refractivity contribution in [1.82, 2.24) is 0 Å². The summed E-state index contributed by atoms with van der Waals surface area (Å²) in [5, 5.41) is 0. The maximum Gasteiger partial charge on any atom is 0.502 e. The minimum atomic E-state index is -3.99. The van der Waals surface area contributed by atoms with Gasteiger partial charge in [-0.25, -0.2) is 4.79 Å². The van der Waals surface area contributed by atoms with Crippen molar-refractivity contribution < 1.29 is 23.0 Å². The van der Waals surface area contributed by atoms with Crippen LogP contribution in [0, 0.1) is 0 Å². The number of ether oxygens (including phenoxy) is 2. The third-order valence-corrected chi connectivity index (χ3v) is 1.64. The van der Waals surface area contributed by atoms with Gasteiger partial charge in [-0.15, -0.1) is 12.4 Å². The first-order chi connectivity index (χ1) is 7.45. The maximum atomic E-state index is 13.1. The summed E-state index contributed by atoms with van der Waals surface area (Å²) in [5.41, 5.74) is 5.77. The van der Waals surface area contributed by atoms with Gasteiger partial charge in [-0.1, -0.05) is 0 Å². The van der Waals surface area contributed by atoms with Gasteiger partial charge < -0.3 is 15.2 Å². The summed E-state index contributed by atoms with van der Waals surface area (Å²) in [6.07, 6.45) is -3.99. The number of nitrogens with two attached hydrogens (primary N) is 1. The topological polar surface area (TPSA) is 61.5 Å². The zero-order chi connectivity index (χ0) is 12.2. The lowest BCUT2D eigenvalue weighted by molar-refractivity contribution is -0.216. The lowest BCUT2D eigenvalue weighted by Gasteiger charge is -2.15. The zero-order valence-electron chi connectivity index (χ0n) is 8.98. The molecule has 0 saturated carbocycles. The van der Waals surface area contributed by atoms with E-state index in [9.17, 15) is 13.6 Å². The Hall–Kier alpha value is -1.56. The van der Waals surface area contributed by atoms with E-state index >= 15 is 0 Å². The number of hydrogen-bond acceptors (Lipinski definition) is 4. The lowest BCUT2D eigenvalue weighted by Crippen LogP contribution is -2.36. The quantitative estimate of drug-likeness (QED) is 0.671. The first kappa shape index (κ1) is 15.4. The molecule has 0 amide bonds. The lowest BCUT2D eigenvalue weighted by atomic mass is 10.3. The molecular formula is C10H12ClF2NO3. The van der Waals surface area contributed by atoms with Crippen LogP contribution in [0.25, 0.3) is 0 Å². The number of halogens is 3. The molecule has 4 nitrogen and oxygen atoms in total. The first-order valence-corrected chi connectivity index (χ1v) is 4.55. The summed E-state index contributed by atoms with van der Waals surface area (Å²) in [6, 6.07) is 5.25. The highest BCUT2D eigenvalue weighted by molar-refractivity contribution is 5.85. The van der Waals surface area contributed by atoms with Crippen molar-refractivity contribution in [2.45, 2.75) is 13.0 Å². The molecule has 7 heteroatoms. The standard InChI is InChI=1S/C10H11F2NO3.ClH/c1-2-15-9(14)10(11,12)16-8-5-3-7(13)4-6-8;/h3-6H,2,13H2,1H3;1H. The van der Waals surface area contributed by atoms with E-state index in [-0.39, 0.29) is 24.8 Å². The van der Waals surface area contributed by atoms with Crippen molar-refractivity contribution in [3.8, 4) is 5.75 Å². The molecule has 0 aliphatic rings. The number of alkyl halides is 2. The van der Waals surface area contributed by atoms with Gasteiger partial charge in [-0.05, 0) is 31.2 Å². The molecule has 0 aliphatic carbocycles. The van der Waals surface area contributed by atoms with E-state index in [0.717, 1.165) is 0 Å². The third kappa shape index (κ3) is 4.44. The fourth-order valence-electron chi connectivity index (χ4n) is 0.941. The molecule has 0 atom stereocenters. The minimum Gasteiger partial charge on any atom is -0.459 e. The van der Waals surface area contributed by atoms with Crippen LogP contribution >= 0.6 is 12.4 Å². The van der Waals surface area contributed by atoms with E-state index in [1.54, 1.807) is 0 Å². The summed E-state index contributed by atoms with van der Waals surface area (Å²) in [7, 11) is 0. The van der Waals surface area contributed by atoms with Gasteiger partial charge in [0.25, 0.3) is 0 Å². The van der Waals surface area contributed by atoms with E-state index in [2.05, 4.69) is 9.47 Å². The van der Waals surface area contributed by atoms with E-state index in [4.69, 9.17) is 5.73 Å². The molecule has 1 aromatic carbocycles. The minimum absolute atomic E-state index is 0. The SMILES string of the molecule is CCOC(=O)C(F)(F)Oc1ccc(N)cc1.Cl. The fraction of sp³-hybridized carbons (Fsp3) is 0.300. The Morgan fingerprint density at radius 2 is 1.88 bits per heavy atom. The second-order valence-electron chi connectivity index (χ2n) is 2.91. The highest BCUT2D eigenvalue weighted by Gasteiger charge is 2.44. The molecule has 0 aromatic heterocycles. The summed E-state index contributed by atoms with van der Waals surface area (Å²) in [4.78, 5) is 10.8. The van der Waals surface area contributed by atoms with Crippen molar-refractivity contribution in [3.63, 3.8) is 0 Å². The average Bonchev–Trinajstić information content (AvgIpc) is 2.21. The second kappa shape index (κ2) is 6.24. The van der Waals surface area contributed by atoms with Crippen LogP contribution in [0.3, 0.4) is 0 Å². The molecule has 17 heavy (non-hydrogen) atoms. The Labute approximate surface area is 103 Å². The summed E-state index contributed by atoms with van der Waals surface area (Å²) >= 11 is 0. The predicted molar refractivity (Wildman–Crippen MR) is 60.3 cm³/mol. The van der Waals surface area contributed by atoms with Crippen molar-refractivity contribution in [1.29, 1.82) is 0 Å². The largest absolute Gasteiger partial charge is 0.502 e. The number of nitrogen functional groups attached to an aromatic ring is 1. The van der Waals surface area contributed by atoms with Gasteiger partial charge in [0, 0.05) is 5.69 Å². The van der Waals surface area contributed by atoms with Crippen molar-refractivity contribution in [2.75, 3.05) is 12.3 Å². The van der Waals surface area contributed by atoms with Crippen molar-refractivity contribution >= 4 is 24.1 Å². The van der Waals surface area contributed by atoms with Gasteiger partial charge >= 0.3 is 12.1 Å². The Morgan fingerprint density at radius 1 is 1.35 bits per heavy atom. The molecule has 0 radical (unpaired) electrons. The third-order valence-electron chi connectivity index (χ3n) is 1.64. The molecule has 96 valence electrons. The number of hydrogen-bond donors (Lipinski definition) is 1. The maximum absolute atomic E-state index is 13.1. The Morgan fingerprint density at radius 3 is 2.35 bits per heavy atom. The van der Waals surface area contributed by atoms with Crippen LogP contribution in [0.4, 0.5) is 14.5 Å². The molecule has 0 saturated heterocycles. The Bertz CT molecular complexity index is 370. The molecule has 0 unspecified atom stereocenters. The van der Waals surface area contributed by atoms with Gasteiger partial charge in [0.15, 0.2) is 0 Å². The van der Waals surface area contributed by atoms with E-state index in [1.807, 2.05) is 0 Å². The van der Waals surface area contributed by atoms with Crippen LogP contribution in [0.1, 0.15) is 6.92 Å². The second-order valence-corrected chi connectivity index (χ2v) is 2.91. The van der Waals surface area contributed by atoms with Gasteiger partial charge in [-0.2, -0.15) is 8.78 Å². The molecule has 0 aliphatic heterocycles. The van der Waals surface area contributed by atoms with Crippen LogP contribution in [-0.2, 0) is 9.53 Å². The number of esters is 1. The monoisotopic (exact) mass is 267 g/mol. The molecule has 0 spiro atoms. The average molecular weight is 268 g/mol. The normalized spacial score (nSPS) is 10.3. The zero-order valence-corrected chi connectivity index (χ0v) is 9.80. The van der Waals surface area contributed by atoms with Crippen LogP contribution in [0.5, 0.6) is 5.75 Å². The van der Waals surface area contributed by atoms with E-state index in [0.29, 0.717) is 5.69 Å². The number of anilines is 1. The number of carbonyl (C=O) groups excluding carboxylic acids is 1. The number of carbonyl (C=O) groups is 1. The number of benzene rings is 1. The molecule has 2 N–H and O–H groups in total. The molecule has 0 bridgehead atoms. The highest BCUT2D eigenvalue weighted by atomic mass is 35.5. The number of rotatable bonds is 4. The fourth-order valence-corrected chi connectivity index (χ4v) is 0.941. The smallest absolute Gasteiger partial charge is 0.459 e. The molecule has 0 heterocycles. The van der Waals surface area contributed by atoms with Gasteiger partial charge in [0.05, 0.1) is 6.61 Å². The van der Waals surface area contributed by atoms with Crippen LogP contribution < -0.4 is 10.5 Å². The van der Waals surface area contributed by atoms with Crippen LogP contribution in [-0.4, -0.2) is 18.7 Å². The molecular weight excluding hydrogens is 256 g/mol. The molecule has 0 fully saturated rings. The van der Waals surface area contributed by atoms with Crippen LogP contribution in [0.2, 0.25) is 0 Å². The Balaban J connectivity index is 0.00000256. The van der Waals surface area contributed by atoms with E-state index in [1.165, 1.54) is 31.2 Å². The van der Waals surface area contributed by atoms with Gasteiger partial charge in [-0.3, -0.25) is 0 Å². The van der Waals surface area contributed by atoms with Gasteiger partial charge in [0.1, 0.15) is 5.75 Å². The molecule has 1 rings (SSSR count). The molecule has 1 aromatic rings. The van der Waals surface area contributed by atoms with Crippen LogP contribution in [0.15, 0.2) is 24.3 Å². The first-order valence-electron chi connectivity index (χ1n) is 4.55. The van der Waals surface area contributed by atoms with Gasteiger partial charge in [0.2, 0.25) is 0 Å². The summed E-state index contributed by atoms with van der Waals surface area (Å²) in [6.45, 7) is 1.29. The Kier molecular flexibility index (Phi) is 5.67. The summed E-state index contributed by atoms with van der Waals surface area (Å²) < 4.78 is 34.5. The highest BCUT2D eigenvalue weighted by Crippen LogP contribution is 2.23.